The van der Waals surface area contributed by atoms with Crippen LogP contribution in [0.25, 0.3) is 6.08 Å². The lowest BCUT2D eigenvalue weighted by molar-refractivity contribution is -0.385. The number of nitro groups is 1. The van der Waals surface area contributed by atoms with Crippen molar-refractivity contribution in [1.82, 2.24) is 0 Å². The van der Waals surface area contributed by atoms with E-state index in [0.29, 0.717) is 6.42 Å². The van der Waals surface area contributed by atoms with E-state index in [-0.39, 0.29) is 17.9 Å². The average Bonchev–Trinajstić information content (AvgIpc) is 2.29. The Labute approximate surface area is 92.2 Å². The van der Waals surface area contributed by atoms with Crippen molar-refractivity contribution in [3.05, 3.63) is 45.5 Å². The molecule has 0 unspecified atom stereocenters. The zero-order valence-electron chi connectivity index (χ0n) is 8.50. The number of nitro benzene ring substituents is 1. The van der Waals surface area contributed by atoms with Gasteiger partial charge in [-0.1, -0.05) is 12.2 Å². The number of carbonyl (C=O) groups is 1. The molecule has 16 heavy (non-hydrogen) atoms. The molecule has 1 aromatic carbocycles. The van der Waals surface area contributed by atoms with Crippen molar-refractivity contribution in [3.8, 4) is 0 Å². The number of aldehydes is 1. The van der Waals surface area contributed by atoms with Crippen LogP contribution in [0.15, 0.2) is 24.3 Å². The summed E-state index contributed by atoms with van der Waals surface area (Å²) in [7, 11) is 0. The molecule has 0 bridgehead atoms. The van der Waals surface area contributed by atoms with Crippen molar-refractivity contribution < 1.29 is 14.8 Å². The van der Waals surface area contributed by atoms with E-state index in [1.54, 1.807) is 18.2 Å². The van der Waals surface area contributed by atoms with Gasteiger partial charge in [0, 0.05) is 12.5 Å². The number of hydrogen-bond donors (Lipinski definition) is 1. The van der Waals surface area contributed by atoms with Crippen LogP contribution in [0.4, 0.5) is 5.69 Å². The van der Waals surface area contributed by atoms with Gasteiger partial charge in [-0.05, 0) is 17.7 Å². The molecule has 0 aliphatic heterocycles. The first-order valence-corrected chi connectivity index (χ1v) is 4.67. The minimum atomic E-state index is -0.537. The third kappa shape index (κ3) is 2.99. The number of benzene rings is 1. The third-order valence-electron chi connectivity index (χ3n) is 2.01. The Morgan fingerprint density at radius 1 is 1.44 bits per heavy atom. The van der Waals surface area contributed by atoms with Crippen LogP contribution in [0.1, 0.15) is 17.5 Å². The van der Waals surface area contributed by atoms with Crippen LogP contribution in [0.3, 0.4) is 0 Å². The number of rotatable bonds is 5. The van der Waals surface area contributed by atoms with Crippen molar-refractivity contribution in [1.29, 1.82) is 0 Å². The van der Waals surface area contributed by atoms with Crippen molar-refractivity contribution in [2.24, 2.45) is 0 Å². The van der Waals surface area contributed by atoms with Crippen molar-refractivity contribution in [3.63, 3.8) is 0 Å². The molecule has 0 amide bonds. The van der Waals surface area contributed by atoms with Crippen molar-refractivity contribution in [2.45, 2.75) is 13.0 Å². The fraction of sp³-hybridized carbons (Fsp3) is 0.182. The molecule has 84 valence electrons. The summed E-state index contributed by atoms with van der Waals surface area (Å²) in [6.45, 7) is -0.383. The van der Waals surface area contributed by atoms with Crippen LogP contribution in [0.2, 0.25) is 0 Å². The number of hydrogen-bond acceptors (Lipinski definition) is 4. The molecule has 1 rings (SSSR count). The van der Waals surface area contributed by atoms with Gasteiger partial charge in [0.25, 0.3) is 5.69 Å². The van der Waals surface area contributed by atoms with Crippen LogP contribution in [0, 0.1) is 10.1 Å². The highest BCUT2D eigenvalue weighted by molar-refractivity contribution is 5.59. The van der Waals surface area contributed by atoms with Crippen LogP contribution in [-0.2, 0) is 11.4 Å². The highest BCUT2D eigenvalue weighted by Gasteiger charge is 2.12. The molecule has 5 heteroatoms. The van der Waals surface area contributed by atoms with Crippen LogP contribution in [-0.4, -0.2) is 16.3 Å². The van der Waals surface area contributed by atoms with Gasteiger partial charge >= 0.3 is 0 Å². The Hall–Kier alpha value is -2.01. The Kier molecular flexibility index (Phi) is 4.35. The SMILES string of the molecule is O=CCC=Cc1ccc([N+](=O)[O-])c(CO)c1. The molecule has 0 atom stereocenters. The van der Waals surface area contributed by atoms with Gasteiger partial charge in [0.2, 0.25) is 0 Å². The molecule has 0 heterocycles. The van der Waals surface area contributed by atoms with Gasteiger partial charge in [0.15, 0.2) is 0 Å². The van der Waals surface area contributed by atoms with E-state index in [0.717, 1.165) is 11.8 Å². The fourth-order valence-electron chi connectivity index (χ4n) is 1.27. The summed E-state index contributed by atoms with van der Waals surface area (Å²) in [6, 6.07) is 4.43. The van der Waals surface area contributed by atoms with E-state index < -0.39 is 4.92 Å². The standard InChI is InChI=1S/C11H11NO4/c13-6-2-1-3-9-4-5-11(12(15)16)10(7-9)8-14/h1,3-7,14H,2,8H2. The fourth-order valence-corrected chi connectivity index (χ4v) is 1.27. The predicted octanol–water partition coefficient (Wildman–Crippen LogP) is 1.69. The van der Waals surface area contributed by atoms with Gasteiger partial charge in [-0.15, -0.1) is 0 Å². The van der Waals surface area contributed by atoms with E-state index >= 15 is 0 Å². The van der Waals surface area contributed by atoms with Gasteiger partial charge in [-0.25, -0.2) is 0 Å². The van der Waals surface area contributed by atoms with E-state index in [9.17, 15) is 14.9 Å². The molecule has 0 fully saturated rings. The number of allylic oxidation sites excluding steroid dienone is 1. The lowest BCUT2D eigenvalue weighted by Crippen LogP contribution is -1.95. The van der Waals surface area contributed by atoms with Gasteiger partial charge in [0.1, 0.15) is 6.29 Å². The maximum atomic E-state index is 10.6. The highest BCUT2D eigenvalue weighted by Crippen LogP contribution is 2.20. The molecule has 5 nitrogen and oxygen atoms in total. The number of aliphatic hydroxyl groups is 1. The summed E-state index contributed by atoms with van der Waals surface area (Å²) >= 11 is 0. The first-order chi connectivity index (χ1) is 7.69. The molecule has 1 N–H and O–H groups in total. The molecule has 0 aliphatic rings. The minimum Gasteiger partial charge on any atom is -0.391 e. The first kappa shape index (κ1) is 12.1. The number of aliphatic hydroxyl groups excluding tert-OH is 1. The van der Waals surface area contributed by atoms with Gasteiger partial charge in [-0.2, -0.15) is 0 Å². The number of nitrogens with zero attached hydrogens (tertiary/aromatic N) is 1. The summed E-state index contributed by atoms with van der Waals surface area (Å²) in [4.78, 5) is 20.1. The lowest BCUT2D eigenvalue weighted by Gasteiger charge is -2.00. The van der Waals surface area contributed by atoms with Crippen LogP contribution < -0.4 is 0 Å². The Morgan fingerprint density at radius 2 is 2.19 bits per heavy atom. The van der Waals surface area contributed by atoms with Crippen molar-refractivity contribution >= 4 is 18.0 Å². The summed E-state index contributed by atoms with van der Waals surface area (Å²) in [5.74, 6) is 0. The second kappa shape index (κ2) is 5.77. The summed E-state index contributed by atoms with van der Waals surface area (Å²) < 4.78 is 0. The van der Waals surface area contributed by atoms with E-state index in [4.69, 9.17) is 5.11 Å². The minimum absolute atomic E-state index is 0.102. The maximum absolute atomic E-state index is 10.6. The largest absolute Gasteiger partial charge is 0.391 e. The van der Waals surface area contributed by atoms with Gasteiger partial charge < -0.3 is 9.90 Å². The smallest absolute Gasteiger partial charge is 0.274 e. The van der Waals surface area contributed by atoms with E-state index in [2.05, 4.69) is 0 Å². The number of carbonyl (C=O) groups excluding carboxylic acids is 1. The normalized spacial score (nSPS) is 10.6. The zero-order valence-corrected chi connectivity index (χ0v) is 8.50. The highest BCUT2D eigenvalue weighted by atomic mass is 16.6. The molecule has 0 saturated heterocycles. The summed E-state index contributed by atoms with van der Waals surface area (Å²) in [5, 5.41) is 19.6. The average molecular weight is 221 g/mol. The second-order valence-electron chi connectivity index (χ2n) is 3.11. The van der Waals surface area contributed by atoms with Gasteiger partial charge in [0.05, 0.1) is 17.1 Å². The second-order valence-corrected chi connectivity index (χ2v) is 3.11. The molecular weight excluding hydrogens is 210 g/mol. The van der Waals surface area contributed by atoms with Crippen molar-refractivity contribution in [2.75, 3.05) is 0 Å². The molecule has 0 aliphatic carbocycles. The molecule has 0 saturated carbocycles. The quantitative estimate of drug-likeness (QED) is 0.466. The van der Waals surface area contributed by atoms with Gasteiger partial charge in [-0.3, -0.25) is 10.1 Å². The predicted molar refractivity (Wildman–Crippen MR) is 58.7 cm³/mol. The maximum Gasteiger partial charge on any atom is 0.274 e. The summed E-state index contributed by atoms with van der Waals surface area (Å²) in [5.41, 5.74) is 0.879. The Morgan fingerprint density at radius 3 is 2.75 bits per heavy atom. The Balaban J connectivity index is 2.99. The monoisotopic (exact) mass is 221 g/mol. The summed E-state index contributed by atoms with van der Waals surface area (Å²) in [6.07, 6.45) is 4.38. The van der Waals surface area contributed by atoms with E-state index in [1.807, 2.05) is 0 Å². The molecular formula is C11H11NO4. The Bertz CT molecular complexity index is 426. The zero-order chi connectivity index (χ0) is 12.0. The van der Waals surface area contributed by atoms with E-state index in [1.165, 1.54) is 12.1 Å². The molecule has 1 aromatic rings. The topological polar surface area (TPSA) is 80.4 Å². The third-order valence-corrected chi connectivity index (χ3v) is 2.01. The molecule has 0 radical (unpaired) electrons. The molecule has 0 spiro atoms. The first-order valence-electron chi connectivity index (χ1n) is 4.67. The lowest BCUT2D eigenvalue weighted by atomic mass is 10.1. The van der Waals surface area contributed by atoms with Crippen LogP contribution >= 0.6 is 0 Å². The van der Waals surface area contributed by atoms with Crippen LogP contribution in [0.5, 0.6) is 0 Å². The molecule has 0 aromatic heterocycles.